The molecule has 3 rings (SSSR count). The fourth-order valence-electron chi connectivity index (χ4n) is 2.84. The molecule has 0 saturated carbocycles. The highest BCUT2D eigenvalue weighted by Gasteiger charge is 2.31. The number of benzene rings is 2. The van der Waals surface area contributed by atoms with Crippen LogP contribution in [0.3, 0.4) is 0 Å². The minimum Gasteiger partial charge on any atom is -0.406 e. The van der Waals surface area contributed by atoms with Gasteiger partial charge in [-0.3, -0.25) is 4.68 Å². The molecule has 9 heteroatoms. The average Bonchev–Trinajstić information content (AvgIpc) is 2.97. The van der Waals surface area contributed by atoms with Crippen molar-refractivity contribution in [1.82, 2.24) is 9.78 Å². The zero-order valence-corrected chi connectivity index (χ0v) is 15.8. The van der Waals surface area contributed by atoms with Crippen LogP contribution in [-0.2, 0) is 6.54 Å². The number of aliphatic hydroxyl groups is 1. The lowest BCUT2D eigenvalue weighted by atomic mass is 10.1. The van der Waals surface area contributed by atoms with Gasteiger partial charge in [0.25, 0.3) is 0 Å². The van der Waals surface area contributed by atoms with Crippen LogP contribution in [0.5, 0.6) is 5.75 Å². The molecule has 0 spiro atoms. The highest BCUT2D eigenvalue weighted by atomic mass is 35.5. The van der Waals surface area contributed by atoms with Crippen molar-refractivity contribution in [1.29, 1.82) is 0 Å². The van der Waals surface area contributed by atoms with Crippen LogP contribution in [0.4, 0.5) is 17.6 Å². The zero-order valence-electron chi connectivity index (χ0n) is 15.1. The second-order valence-electron chi connectivity index (χ2n) is 6.27. The molecular formula is C20H17ClF4N2O2. The van der Waals surface area contributed by atoms with E-state index in [0.717, 1.165) is 6.07 Å². The molecule has 0 radical (unpaired) electrons. The van der Waals surface area contributed by atoms with Crippen molar-refractivity contribution in [2.75, 3.05) is 6.61 Å². The number of fused-ring (bicyclic) bond motifs is 1. The molecule has 1 heterocycles. The predicted octanol–water partition coefficient (Wildman–Crippen LogP) is 5.56. The first-order valence-corrected chi connectivity index (χ1v) is 9.12. The molecule has 0 fully saturated rings. The maximum absolute atomic E-state index is 13.3. The summed E-state index contributed by atoms with van der Waals surface area (Å²) in [5.41, 5.74) is 1.53. The van der Waals surface area contributed by atoms with Gasteiger partial charge in [-0.15, -0.1) is 13.2 Å². The number of hydrogen-bond acceptors (Lipinski definition) is 3. The Morgan fingerprint density at radius 3 is 2.66 bits per heavy atom. The van der Waals surface area contributed by atoms with Crippen LogP contribution in [0.2, 0.25) is 5.02 Å². The van der Waals surface area contributed by atoms with E-state index in [2.05, 4.69) is 9.84 Å². The van der Waals surface area contributed by atoms with Crippen LogP contribution in [0.25, 0.3) is 17.0 Å². The number of aliphatic hydroxyl groups excluding tert-OH is 1. The molecule has 0 unspecified atom stereocenters. The molecule has 3 aromatic rings. The van der Waals surface area contributed by atoms with Crippen LogP contribution < -0.4 is 4.74 Å². The summed E-state index contributed by atoms with van der Waals surface area (Å²) < 4.78 is 56.6. The van der Waals surface area contributed by atoms with Crippen LogP contribution in [0.1, 0.15) is 24.1 Å². The predicted molar refractivity (Wildman–Crippen MR) is 102 cm³/mol. The van der Waals surface area contributed by atoms with Crippen molar-refractivity contribution in [3.63, 3.8) is 0 Å². The summed E-state index contributed by atoms with van der Waals surface area (Å²) in [4.78, 5) is 0. The molecule has 0 bridgehead atoms. The fourth-order valence-corrected chi connectivity index (χ4v) is 3.06. The smallest absolute Gasteiger partial charge is 0.406 e. The largest absolute Gasteiger partial charge is 0.573 e. The van der Waals surface area contributed by atoms with Gasteiger partial charge in [-0.1, -0.05) is 23.7 Å². The van der Waals surface area contributed by atoms with Gasteiger partial charge < -0.3 is 9.84 Å². The number of hydrogen-bond donors (Lipinski definition) is 1. The lowest BCUT2D eigenvalue weighted by molar-refractivity contribution is -0.274. The van der Waals surface area contributed by atoms with Crippen molar-refractivity contribution in [2.45, 2.75) is 25.7 Å². The molecule has 1 aromatic heterocycles. The summed E-state index contributed by atoms with van der Waals surface area (Å²) in [5.74, 6) is -0.857. The van der Waals surface area contributed by atoms with Gasteiger partial charge in [0.15, 0.2) is 0 Å². The van der Waals surface area contributed by atoms with E-state index in [1.54, 1.807) is 6.08 Å². The second kappa shape index (κ2) is 8.84. The van der Waals surface area contributed by atoms with E-state index in [0.29, 0.717) is 35.0 Å². The lowest BCUT2D eigenvalue weighted by Crippen LogP contribution is -2.17. The summed E-state index contributed by atoms with van der Waals surface area (Å²) in [6.45, 7) is 0.191. The van der Waals surface area contributed by atoms with Gasteiger partial charge in [0.05, 0.1) is 17.8 Å². The van der Waals surface area contributed by atoms with Crippen molar-refractivity contribution in [2.24, 2.45) is 0 Å². The van der Waals surface area contributed by atoms with E-state index in [1.807, 2.05) is 6.08 Å². The molecule has 0 amide bonds. The molecule has 0 atom stereocenters. The molecule has 2 aromatic carbocycles. The third kappa shape index (κ3) is 5.48. The van der Waals surface area contributed by atoms with Crippen molar-refractivity contribution < 1.29 is 27.4 Å². The van der Waals surface area contributed by atoms with Gasteiger partial charge in [-0.05, 0) is 48.7 Å². The Bertz CT molecular complexity index is 1030. The van der Waals surface area contributed by atoms with Gasteiger partial charge >= 0.3 is 6.36 Å². The molecule has 4 nitrogen and oxygen atoms in total. The normalized spacial score (nSPS) is 12.2. The second-order valence-corrected chi connectivity index (χ2v) is 6.68. The molecule has 0 aliphatic rings. The topological polar surface area (TPSA) is 47.3 Å². The molecule has 1 N–H and O–H groups in total. The maximum Gasteiger partial charge on any atom is 0.573 e. The first-order valence-electron chi connectivity index (χ1n) is 8.74. The van der Waals surface area contributed by atoms with Crippen LogP contribution in [0.15, 0.2) is 42.5 Å². The standard InChI is InChI=1S/C20H17ClF4N2O2/c21-17-10-14(22)6-5-13(17)12-27-19-11-15(29-20(23,24)25)7-8-16(19)18(26-27)4-2-1-3-9-28/h2,4-8,10-11,28H,1,3,9,12H2. The van der Waals surface area contributed by atoms with Crippen molar-refractivity contribution in [3.8, 4) is 5.75 Å². The molecule has 0 aliphatic carbocycles. The number of unbranched alkanes of at least 4 members (excludes halogenated alkanes) is 1. The van der Waals surface area contributed by atoms with E-state index < -0.39 is 12.2 Å². The minimum absolute atomic E-state index is 0.0563. The lowest BCUT2D eigenvalue weighted by Gasteiger charge is -2.10. The number of allylic oxidation sites excluding steroid dienone is 1. The number of rotatable bonds is 7. The molecule has 0 saturated heterocycles. The van der Waals surface area contributed by atoms with Gasteiger partial charge in [-0.25, -0.2) is 4.39 Å². The van der Waals surface area contributed by atoms with E-state index in [-0.39, 0.29) is 23.9 Å². The van der Waals surface area contributed by atoms with Crippen molar-refractivity contribution >= 4 is 28.6 Å². The number of ether oxygens (including phenoxy) is 1. The first-order chi connectivity index (χ1) is 13.8. The van der Waals surface area contributed by atoms with E-state index >= 15 is 0 Å². The van der Waals surface area contributed by atoms with Gasteiger partial charge in [0, 0.05) is 23.1 Å². The highest BCUT2D eigenvalue weighted by molar-refractivity contribution is 6.31. The Morgan fingerprint density at radius 2 is 1.97 bits per heavy atom. The van der Waals surface area contributed by atoms with E-state index in [1.165, 1.54) is 35.0 Å². The third-order valence-electron chi connectivity index (χ3n) is 4.13. The average molecular weight is 429 g/mol. The Morgan fingerprint density at radius 1 is 1.17 bits per heavy atom. The summed E-state index contributed by atoms with van der Waals surface area (Å²) in [7, 11) is 0. The SMILES string of the molecule is OCCCC=Cc1nn(Cc2ccc(F)cc2Cl)c2cc(OC(F)(F)F)ccc12. The molecule has 29 heavy (non-hydrogen) atoms. The minimum atomic E-state index is -4.81. The van der Waals surface area contributed by atoms with Crippen LogP contribution >= 0.6 is 11.6 Å². The Labute approximate surface area is 169 Å². The van der Waals surface area contributed by atoms with Crippen molar-refractivity contribution in [3.05, 3.63) is 64.6 Å². The van der Waals surface area contributed by atoms with E-state index in [9.17, 15) is 17.6 Å². The summed E-state index contributed by atoms with van der Waals surface area (Å²) >= 11 is 6.08. The van der Waals surface area contributed by atoms with Gasteiger partial charge in [0.1, 0.15) is 11.6 Å². The molecule has 154 valence electrons. The van der Waals surface area contributed by atoms with E-state index in [4.69, 9.17) is 16.7 Å². The third-order valence-corrected chi connectivity index (χ3v) is 4.48. The fraction of sp³-hybridized carbons (Fsp3) is 0.250. The van der Waals surface area contributed by atoms with Gasteiger partial charge in [0.2, 0.25) is 0 Å². The van der Waals surface area contributed by atoms with Gasteiger partial charge in [-0.2, -0.15) is 5.10 Å². The summed E-state index contributed by atoms with van der Waals surface area (Å²) in [6.07, 6.45) is -0.0297. The number of halogens is 5. The summed E-state index contributed by atoms with van der Waals surface area (Å²) in [6, 6.07) is 7.88. The Hall–Kier alpha value is -2.58. The molecular weight excluding hydrogens is 412 g/mol. The maximum atomic E-state index is 13.3. The first kappa shape index (κ1) is 21.1. The number of aromatic nitrogens is 2. The monoisotopic (exact) mass is 428 g/mol. The van der Waals surface area contributed by atoms with Crippen LogP contribution in [0, 0.1) is 5.82 Å². The molecule has 0 aliphatic heterocycles. The zero-order chi connectivity index (χ0) is 21.0. The highest BCUT2D eigenvalue weighted by Crippen LogP contribution is 2.30. The quantitative estimate of drug-likeness (QED) is 0.396. The Kier molecular flexibility index (Phi) is 6.44. The number of alkyl halides is 3. The van der Waals surface area contributed by atoms with Crippen LogP contribution in [-0.4, -0.2) is 27.9 Å². The number of nitrogens with zero attached hydrogens (tertiary/aromatic N) is 2. The summed E-state index contributed by atoms with van der Waals surface area (Å²) in [5, 5.41) is 14.1. The Balaban J connectivity index is 2.02.